The number of ether oxygens (including phenoxy) is 1. The van der Waals surface area contributed by atoms with Gasteiger partial charge in [0.25, 0.3) is 0 Å². The summed E-state index contributed by atoms with van der Waals surface area (Å²) in [5.41, 5.74) is 0. The van der Waals surface area contributed by atoms with Crippen molar-refractivity contribution < 1.29 is 4.74 Å². The average Bonchev–Trinajstić information content (AvgIpc) is 2.84. The summed E-state index contributed by atoms with van der Waals surface area (Å²) in [6, 6.07) is 0.191. The second kappa shape index (κ2) is 8.98. The number of nitrogens with zero attached hydrogens (tertiary/aromatic N) is 4. The summed E-state index contributed by atoms with van der Waals surface area (Å²) in [4.78, 5) is 0. The molecule has 1 unspecified atom stereocenters. The minimum atomic E-state index is 0.191. The van der Waals surface area contributed by atoms with Crippen LogP contribution < -0.4 is 5.32 Å². The first-order chi connectivity index (χ1) is 9.15. The molecule has 0 amide bonds. The zero-order chi connectivity index (χ0) is 14.1. The van der Waals surface area contributed by atoms with Gasteiger partial charge in [0.1, 0.15) is 0 Å². The normalized spacial score (nSPS) is 13.1. The van der Waals surface area contributed by atoms with Crippen LogP contribution in [0.5, 0.6) is 0 Å². The molecule has 0 saturated carbocycles. The predicted molar refractivity (Wildman–Crippen MR) is 74.8 cm³/mol. The van der Waals surface area contributed by atoms with Crippen LogP contribution >= 0.6 is 0 Å². The molecule has 1 heterocycles. The smallest absolute Gasteiger partial charge is 0.167 e. The molecule has 0 aliphatic rings. The quantitative estimate of drug-likeness (QED) is 0.656. The molecule has 6 heteroatoms. The highest BCUT2D eigenvalue weighted by molar-refractivity contribution is 4.89. The zero-order valence-corrected chi connectivity index (χ0v) is 12.6. The number of aryl methyl sites for hydroxylation is 1. The molecule has 1 rings (SSSR count). The van der Waals surface area contributed by atoms with Gasteiger partial charge in [0.05, 0.1) is 6.04 Å². The van der Waals surface area contributed by atoms with Crippen molar-refractivity contribution in [2.75, 3.05) is 20.3 Å². The monoisotopic (exact) mass is 269 g/mol. The fraction of sp³-hybridized carbons (Fsp3) is 0.923. The first-order valence-electron chi connectivity index (χ1n) is 7.13. The van der Waals surface area contributed by atoms with Crippen LogP contribution in [-0.2, 0) is 11.3 Å². The Bertz CT molecular complexity index is 340. The van der Waals surface area contributed by atoms with Gasteiger partial charge < -0.3 is 10.1 Å². The van der Waals surface area contributed by atoms with Gasteiger partial charge in [0.2, 0.25) is 0 Å². The zero-order valence-electron chi connectivity index (χ0n) is 12.6. The molecule has 0 bridgehead atoms. The highest BCUT2D eigenvalue weighted by atomic mass is 16.5. The van der Waals surface area contributed by atoms with Crippen LogP contribution in [0.25, 0.3) is 0 Å². The van der Waals surface area contributed by atoms with E-state index in [4.69, 9.17) is 4.74 Å². The Kier molecular flexibility index (Phi) is 7.59. The molecule has 0 aliphatic carbocycles. The maximum atomic E-state index is 5.04. The van der Waals surface area contributed by atoms with Crippen molar-refractivity contribution in [2.24, 2.45) is 5.92 Å². The first kappa shape index (κ1) is 16.0. The number of hydrogen-bond donors (Lipinski definition) is 1. The van der Waals surface area contributed by atoms with Crippen LogP contribution in [0.4, 0.5) is 0 Å². The molecular formula is C13H27N5O. The molecule has 19 heavy (non-hydrogen) atoms. The Morgan fingerprint density at radius 1 is 1.21 bits per heavy atom. The average molecular weight is 269 g/mol. The van der Waals surface area contributed by atoms with Gasteiger partial charge in [-0.3, -0.25) is 0 Å². The summed E-state index contributed by atoms with van der Waals surface area (Å²) in [5.74, 6) is 1.55. The molecular weight excluding hydrogens is 242 g/mol. The third-order valence-corrected chi connectivity index (χ3v) is 3.00. The van der Waals surface area contributed by atoms with Crippen LogP contribution in [0.15, 0.2) is 0 Å². The molecule has 0 spiro atoms. The predicted octanol–water partition coefficient (Wildman–Crippen LogP) is 1.80. The largest absolute Gasteiger partial charge is 0.385 e. The van der Waals surface area contributed by atoms with E-state index in [0.717, 1.165) is 44.8 Å². The van der Waals surface area contributed by atoms with Gasteiger partial charge >= 0.3 is 0 Å². The number of tetrazole rings is 1. The van der Waals surface area contributed by atoms with Crippen molar-refractivity contribution >= 4 is 0 Å². The van der Waals surface area contributed by atoms with Gasteiger partial charge in [-0.15, -0.1) is 5.10 Å². The van der Waals surface area contributed by atoms with Crippen LogP contribution in [0.1, 0.15) is 51.9 Å². The van der Waals surface area contributed by atoms with Gasteiger partial charge in [-0.25, -0.2) is 4.68 Å². The molecule has 110 valence electrons. The van der Waals surface area contributed by atoms with Crippen molar-refractivity contribution in [3.8, 4) is 0 Å². The van der Waals surface area contributed by atoms with Crippen molar-refractivity contribution in [3.63, 3.8) is 0 Å². The molecule has 1 N–H and O–H groups in total. The third kappa shape index (κ3) is 6.11. The van der Waals surface area contributed by atoms with E-state index in [1.807, 2.05) is 4.68 Å². The lowest BCUT2D eigenvalue weighted by atomic mass is 10.2. The maximum Gasteiger partial charge on any atom is 0.167 e. The number of aromatic nitrogens is 4. The minimum absolute atomic E-state index is 0.191. The van der Waals surface area contributed by atoms with Crippen LogP contribution in [0.2, 0.25) is 0 Å². The standard InChI is InChI=1S/C13H27N5O/c1-11(2)10-14-12(3)13-15-16-17-18(13)8-6-5-7-9-19-4/h11-12,14H,5-10H2,1-4H3. The van der Waals surface area contributed by atoms with Crippen molar-refractivity contribution in [3.05, 3.63) is 5.82 Å². The van der Waals surface area contributed by atoms with E-state index in [1.54, 1.807) is 7.11 Å². The van der Waals surface area contributed by atoms with Crippen molar-refractivity contribution in [2.45, 2.75) is 52.6 Å². The van der Waals surface area contributed by atoms with Crippen LogP contribution in [0, 0.1) is 5.92 Å². The second-order valence-electron chi connectivity index (χ2n) is 5.34. The van der Waals surface area contributed by atoms with E-state index in [9.17, 15) is 0 Å². The van der Waals surface area contributed by atoms with Gasteiger partial charge in [-0.1, -0.05) is 13.8 Å². The molecule has 0 aromatic carbocycles. The summed E-state index contributed by atoms with van der Waals surface area (Å²) < 4.78 is 6.95. The van der Waals surface area contributed by atoms with E-state index < -0.39 is 0 Å². The molecule has 0 saturated heterocycles. The fourth-order valence-corrected chi connectivity index (χ4v) is 1.87. The Morgan fingerprint density at radius 3 is 2.68 bits per heavy atom. The summed E-state index contributed by atoms with van der Waals surface area (Å²) in [6.07, 6.45) is 3.31. The maximum absolute atomic E-state index is 5.04. The molecule has 1 aromatic rings. The Hall–Kier alpha value is -1.01. The molecule has 1 aromatic heterocycles. The molecule has 0 aliphatic heterocycles. The van der Waals surface area contributed by atoms with Crippen LogP contribution in [-0.4, -0.2) is 40.5 Å². The first-order valence-corrected chi connectivity index (χ1v) is 7.13. The molecule has 0 fully saturated rings. The van der Waals surface area contributed by atoms with E-state index in [-0.39, 0.29) is 6.04 Å². The van der Waals surface area contributed by atoms with Gasteiger partial charge in [0.15, 0.2) is 5.82 Å². The lowest BCUT2D eigenvalue weighted by molar-refractivity contribution is 0.191. The summed E-state index contributed by atoms with van der Waals surface area (Å²) in [7, 11) is 1.74. The van der Waals surface area contributed by atoms with Crippen molar-refractivity contribution in [1.82, 2.24) is 25.5 Å². The number of rotatable bonds is 10. The second-order valence-corrected chi connectivity index (χ2v) is 5.34. The highest BCUT2D eigenvalue weighted by Crippen LogP contribution is 2.09. The van der Waals surface area contributed by atoms with E-state index in [2.05, 4.69) is 41.6 Å². The number of hydrogen-bond acceptors (Lipinski definition) is 5. The summed E-state index contributed by atoms with van der Waals surface area (Å²) in [6.45, 7) is 9.17. The van der Waals surface area contributed by atoms with Crippen LogP contribution in [0.3, 0.4) is 0 Å². The molecule has 0 radical (unpaired) electrons. The Morgan fingerprint density at radius 2 is 2.00 bits per heavy atom. The minimum Gasteiger partial charge on any atom is -0.385 e. The van der Waals surface area contributed by atoms with E-state index >= 15 is 0 Å². The van der Waals surface area contributed by atoms with Gasteiger partial charge in [-0.2, -0.15) is 0 Å². The summed E-state index contributed by atoms with van der Waals surface area (Å²) >= 11 is 0. The Labute approximate surface area is 115 Å². The lowest BCUT2D eigenvalue weighted by Crippen LogP contribution is -2.26. The lowest BCUT2D eigenvalue weighted by Gasteiger charge is -2.15. The van der Waals surface area contributed by atoms with Crippen molar-refractivity contribution in [1.29, 1.82) is 0 Å². The SMILES string of the molecule is COCCCCCn1nnnc1C(C)NCC(C)C. The van der Waals surface area contributed by atoms with Gasteiger partial charge in [0, 0.05) is 20.3 Å². The highest BCUT2D eigenvalue weighted by Gasteiger charge is 2.13. The third-order valence-electron chi connectivity index (χ3n) is 3.00. The van der Waals surface area contributed by atoms with E-state index in [1.165, 1.54) is 0 Å². The summed E-state index contributed by atoms with van der Waals surface area (Å²) in [5, 5.41) is 15.4. The van der Waals surface area contributed by atoms with Gasteiger partial charge in [-0.05, 0) is 49.1 Å². The molecule has 1 atom stereocenters. The fourth-order valence-electron chi connectivity index (χ4n) is 1.87. The topological polar surface area (TPSA) is 64.9 Å². The number of nitrogens with one attached hydrogen (secondary N) is 1. The Balaban J connectivity index is 2.36. The van der Waals surface area contributed by atoms with E-state index in [0.29, 0.717) is 5.92 Å². The molecule has 6 nitrogen and oxygen atoms in total. The number of methoxy groups -OCH3 is 1. The number of unbranched alkanes of at least 4 members (excludes halogenated alkanes) is 2.